The van der Waals surface area contributed by atoms with E-state index in [1.807, 2.05) is 47.6 Å². The van der Waals surface area contributed by atoms with E-state index in [0.717, 1.165) is 5.57 Å². The van der Waals surface area contributed by atoms with E-state index in [1.54, 1.807) is 0 Å². The summed E-state index contributed by atoms with van der Waals surface area (Å²) in [7, 11) is 0. The lowest BCUT2D eigenvalue weighted by molar-refractivity contribution is -0.128. The first kappa shape index (κ1) is 15.0. The lowest BCUT2D eigenvalue weighted by Gasteiger charge is -2.34. The van der Waals surface area contributed by atoms with E-state index >= 15 is 0 Å². The maximum Gasteiger partial charge on any atom is 0.360 e. The van der Waals surface area contributed by atoms with Crippen LogP contribution in [0.5, 0.6) is 0 Å². The largest absolute Gasteiger partial charge is 0.391 e. The minimum Gasteiger partial charge on any atom is -0.391 e. The number of hydrogen-bond acceptors (Lipinski definition) is 4. The fourth-order valence-corrected chi connectivity index (χ4v) is 2.22. The van der Waals surface area contributed by atoms with Crippen molar-refractivity contribution in [3.8, 4) is 6.07 Å². The number of thiol groups is 1. The van der Waals surface area contributed by atoms with Gasteiger partial charge in [-0.2, -0.15) is 5.26 Å². The zero-order chi connectivity index (χ0) is 13.1. The van der Waals surface area contributed by atoms with Crippen molar-refractivity contribution in [3.05, 3.63) is 11.1 Å². The van der Waals surface area contributed by atoms with Gasteiger partial charge in [-0.15, -0.1) is 0 Å². The number of allylic oxidation sites excluding steroid dienone is 1. The van der Waals surface area contributed by atoms with Gasteiger partial charge in [0, 0.05) is 12.9 Å². The molecule has 0 fully saturated rings. The van der Waals surface area contributed by atoms with E-state index in [9.17, 15) is 4.79 Å². The molecule has 4 heteroatoms. The van der Waals surface area contributed by atoms with Crippen LogP contribution in [0.15, 0.2) is 11.1 Å². The Labute approximate surface area is 103 Å². The summed E-state index contributed by atoms with van der Waals surface area (Å²) >= 11 is 3.46. The zero-order valence-electron chi connectivity index (χ0n) is 10.7. The average Bonchev–Trinajstić information content (AvgIpc) is 2.08. The number of carbonyl (C=O) groups is 1. The molecule has 0 unspecified atom stereocenters. The molecule has 0 aliphatic heterocycles. The van der Waals surface area contributed by atoms with Crippen molar-refractivity contribution in [1.29, 1.82) is 5.26 Å². The predicted octanol–water partition coefficient (Wildman–Crippen LogP) is 3.29. The number of rotatable bonds is 1. The Bertz CT molecular complexity index is 335. The first-order chi connectivity index (χ1) is 7.05. The van der Waals surface area contributed by atoms with E-state index in [1.165, 1.54) is 0 Å². The Morgan fingerprint density at radius 2 is 1.50 bits per heavy atom. The highest BCUT2D eigenvalue weighted by Crippen LogP contribution is 2.41. The van der Waals surface area contributed by atoms with Crippen LogP contribution in [0.3, 0.4) is 0 Å². The molecule has 0 radical (unpaired) electrons. The molecule has 0 aromatic carbocycles. The minimum absolute atomic E-state index is 0.0509. The lowest BCUT2D eigenvalue weighted by Crippen LogP contribution is -2.26. The maximum atomic E-state index is 11.5. The normalized spacial score (nSPS) is 11.6. The zero-order valence-corrected chi connectivity index (χ0v) is 11.6. The van der Waals surface area contributed by atoms with Gasteiger partial charge in [0.05, 0.1) is 0 Å². The summed E-state index contributed by atoms with van der Waals surface area (Å²) in [5.74, 6) is -0.689. The second-order valence-electron chi connectivity index (χ2n) is 5.74. The lowest BCUT2D eigenvalue weighted by atomic mass is 9.70. The Kier molecular flexibility index (Phi) is 4.63. The van der Waals surface area contributed by atoms with Crippen molar-refractivity contribution in [2.45, 2.75) is 41.5 Å². The number of hydrogen-bond donors (Lipinski definition) is 1. The van der Waals surface area contributed by atoms with Gasteiger partial charge in [-0.05, 0) is 16.4 Å². The van der Waals surface area contributed by atoms with Crippen LogP contribution < -0.4 is 0 Å². The fraction of sp³-hybridized carbons (Fsp3) is 0.667. The van der Waals surface area contributed by atoms with Crippen molar-refractivity contribution in [1.82, 2.24) is 0 Å². The maximum absolute atomic E-state index is 11.5. The van der Waals surface area contributed by atoms with Crippen LogP contribution in [0.4, 0.5) is 0 Å². The van der Waals surface area contributed by atoms with Gasteiger partial charge in [0.25, 0.3) is 0 Å². The molecule has 0 rings (SSSR count). The molecule has 0 aromatic heterocycles. The van der Waals surface area contributed by atoms with Crippen LogP contribution in [0, 0.1) is 22.2 Å². The monoisotopic (exact) mass is 241 g/mol. The SMILES string of the molecule is CC(C)(C)C(=C(C#N)C(=O)OS)C(C)(C)C. The third kappa shape index (κ3) is 3.57. The minimum atomic E-state index is -0.689. The molecule has 90 valence electrons. The topological polar surface area (TPSA) is 50.1 Å². The summed E-state index contributed by atoms with van der Waals surface area (Å²) in [5.41, 5.74) is 0.285. The third-order valence-corrected chi connectivity index (χ3v) is 2.31. The Morgan fingerprint density at radius 3 is 1.69 bits per heavy atom. The molecule has 3 nitrogen and oxygen atoms in total. The van der Waals surface area contributed by atoms with Crippen LogP contribution in [0.1, 0.15) is 41.5 Å². The van der Waals surface area contributed by atoms with E-state index in [-0.39, 0.29) is 16.4 Å². The van der Waals surface area contributed by atoms with Gasteiger partial charge >= 0.3 is 5.97 Å². The molecule has 0 heterocycles. The number of nitriles is 1. The highest BCUT2D eigenvalue weighted by molar-refractivity contribution is 7.75. The molecule has 0 atom stereocenters. The first-order valence-electron chi connectivity index (χ1n) is 5.06. The molecule has 0 bridgehead atoms. The molecular formula is C12H19NO2S. The highest BCUT2D eigenvalue weighted by atomic mass is 32.1. The summed E-state index contributed by atoms with van der Waals surface area (Å²) in [6, 6.07) is 1.92. The van der Waals surface area contributed by atoms with Crippen LogP contribution in [-0.2, 0) is 8.98 Å². The number of carbonyl (C=O) groups excluding carboxylic acids is 1. The van der Waals surface area contributed by atoms with Gasteiger partial charge < -0.3 is 4.18 Å². The summed E-state index contributed by atoms with van der Waals surface area (Å²) in [5, 5.41) is 9.08. The molecule has 0 aromatic rings. The highest BCUT2D eigenvalue weighted by Gasteiger charge is 2.34. The average molecular weight is 241 g/mol. The quantitative estimate of drug-likeness (QED) is 0.332. The molecule has 0 spiro atoms. The van der Waals surface area contributed by atoms with Crippen molar-refractivity contribution in [2.24, 2.45) is 10.8 Å². The van der Waals surface area contributed by atoms with Gasteiger partial charge in [-0.3, -0.25) is 0 Å². The van der Waals surface area contributed by atoms with Gasteiger partial charge in [-0.1, -0.05) is 41.5 Å². The Hall–Kier alpha value is -0.950. The van der Waals surface area contributed by atoms with Gasteiger partial charge in [-0.25, -0.2) is 4.79 Å². The van der Waals surface area contributed by atoms with E-state index in [4.69, 9.17) is 5.26 Å². The Morgan fingerprint density at radius 1 is 1.12 bits per heavy atom. The van der Waals surface area contributed by atoms with Crippen molar-refractivity contribution < 1.29 is 8.98 Å². The summed E-state index contributed by atoms with van der Waals surface area (Å²) in [6.07, 6.45) is 0. The predicted molar refractivity (Wildman–Crippen MR) is 66.6 cm³/mol. The van der Waals surface area contributed by atoms with Crippen molar-refractivity contribution in [2.75, 3.05) is 0 Å². The van der Waals surface area contributed by atoms with Gasteiger partial charge in [0.2, 0.25) is 0 Å². The summed E-state index contributed by atoms with van der Waals surface area (Å²) in [4.78, 5) is 11.5. The molecular weight excluding hydrogens is 222 g/mol. The Balaban J connectivity index is 5.93. The summed E-state index contributed by atoms with van der Waals surface area (Å²) in [6.45, 7) is 11.8. The molecule has 0 amide bonds. The molecule has 16 heavy (non-hydrogen) atoms. The van der Waals surface area contributed by atoms with E-state index < -0.39 is 5.97 Å². The second kappa shape index (κ2) is 4.92. The third-order valence-electron chi connectivity index (χ3n) is 2.15. The smallest absolute Gasteiger partial charge is 0.360 e. The second-order valence-corrected chi connectivity index (χ2v) is 5.92. The molecule has 0 aliphatic carbocycles. The number of nitrogens with zero attached hydrogens (tertiary/aromatic N) is 1. The van der Waals surface area contributed by atoms with Crippen LogP contribution >= 0.6 is 12.9 Å². The standard InChI is InChI=1S/C12H19NO2S/c1-11(2,3)9(12(4,5)6)8(7-13)10(14)15-16/h16H,1-6H3. The first-order valence-corrected chi connectivity index (χ1v) is 5.43. The van der Waals surface area contributed by atoms with Crippen LogP contribution in [-0.4, -0.2) is 5.97 Å². The van der Waals surface area contributed by atoms with Crippen LogP contribution in [0.25, 0.3) is 0 Å². The molecule has 0 saturated carbocycles. The van der Waals surface area contributed by atoms with Gasteiger partial charge in [0.15, 0.2) is 0 Å². The molecule has 0 aliphatic rings. The molecule has 0 N–H and O–H groups in total. The van der Waals surface area contributed by atoms with E-state index in [2.05, 4.69) is 17.1 Å². The van der Waals surface area contributed by atoms with E-state index in [0.29, 0.717) is 0 Å². The van der Waals surface area contributed by atoms with Gasteiger partial charge in [0.1, 0.15) is 11.6 Å². The molecule has 0 saturated heterocycles. The van der Waals surface area contributed by atoms with Crippen molar-refractivity contribution in [3.63, 3.8) is 0 Å². The summed E-state index contributed by atoms with van der Waals surface area (Å²) < 4.78 is 4.35. The van der Waals surface area contributed by atoms with Crippen molar-refractivity contribution >= 4 is 18.9 Å². The van der Waals surface area contributed by atoms with Crippen LogP contribution in [0.2, 0.25) is 0 Å². The fourth-order valence-electron chi connectivity index (χ4n) is 2.12.